The standard InChI is InChI=1S/C25H25N5O3S/c1-32-19-8-9-20(22(16-19)33-2)23-21(17-30(27-23)18-6-4-3-5-7-18)24(31)28-11-13-29(14-12-28)25-26-10-15-34-25/h3-10,15-17H,11-14H2,1-2H3. The lowest BCUT2D eigenvalue weighted by atomic mass is 10.1. The predicted molar refractivity (Wildman–Crippen MR) is 132 cm³/mol. The van der Waals surface area contributed by atoms with Crippen molar-refractivity contribution in [1.29, 1.82) is 0 Å². The van der Waals surface area contributed by atoms with Gasteiger partial charge in [-0.3, -0.25) is 4.79 Å². The first-order valence-corrected chi connectivity index (χ1v) is 11.9. The van der Waals surface area contributed by atoms with Crippen molar-refractivity contribution in [3.05, 3.63) is 71.9 Å². The van der Waals surface area contributed by atoms with Crippen LogP contribution in [0.15, 0.2) is 66.3 Å². The number of hydrogen-bond donors (Lipinski definition) is 0. The number of benzene rings is 2. The van der Waals surface area contributed by atoms with Crippen molar-refractivity contribution in [2.24, 2.45) is 0 Å². The number of amides is 1. The van der Waals surface area contributed by atoms with Gasteiger partial charge < -0.3 is 19.3 Å². The topological polar surface area (TPSA) is 72.7 Å². The Morgan fingerprint density at radius 2 is 1.79 bits per heavy atom. The van der Waals surface area contributed by atoms with Gasteiger partial charge in [0, 0.05) is 55.6 Å². The number of carbonyl (C=O) groups excluding carboxylic acids is 1. The summed E-state index contributed by atoms with van der Waals surface area (Å²) in [5.41, 5.74) is 2.73. The third-order valence-corrected chi connectivity index (χ3v) is 6.72. The molecule has 8 nitrogen and oxygen atoms in total. The Kier molecular flexibility index (Phi) is 6.18. The SMILES string of the molecule is COc1ccc(-c2nn(-c3ccccc3)cc2C(=O)N2CCN(c3nccs3)CC2)c(OC)c1. The maximum Gasteiger partial charge on any atom is 0.257 e. The summed E-state index contributed by atoms with van der Waals surface area (Å²) in [7, 11) is 3.21. The second kappa shape index (κ2) is 9.56. The number of para-hydroxylation sites is 1. The van der Waals surface area contributed by atoms with Gasteiger partial charge in [0.2, 0.25) is 0 Å². The van der Waals surface area contributed by atoms with Gasteiger partial charge in [-0.15, -0.1) is 11.3 Å². The molecule has 4 aromatic rings. The average molecular weight is 476 g/mol. The number of piperazine rings is 1. The summed E-state index contributed by atoms with van der Waals surface area (Å²) >= 11 is 1.62. The van der Waals surface area contributed by atoms with Crippen LogP contribution < -0.4 is 14.4 Å². The fourth-order valence-electron chi connectivity index (χ4n) is 4.08. The molecule has 0 atom stereocenters. The summed E-state index contributed by atoms with van der Waals surface area (Å²) in [6.07, 6.45) is 3.62. The molecule has 3 heterocycles. The summed E-state index contributed by atoms with van der Waals surface area (Å²) in [6.45, 7) is 2.72. The molecular weight excluding hydrogens is 450 g/mol. The minimum atomic E-state index is -0.0474. The van der Waals surface area contributed by atoms with Gasteiger partial charge in [-0.1, -0.05) is 18.2 Å². The number of methoxy groups -OCH3 is 2. The van der Waals surface area contributed by atoms with Crippen LogP contribution in [0.5, 0.6) is 11.5 Å². The minimum Gasteiger partial charge on any atom is -0.497 e. The van der Waals surface area contributed by atoms with Crippen molar-refractivity contribution in [3.63, 3.8) is 0 Å². The number of aromatic nitrogens is 3. The van der Waals surface area contributed by atoms with E-state index >= 15 is 0 Å². The highest BCUT2D eigenvalue weighted by Gasteiger charge is 2.28. The smallest absolute Gasteiger partial charge is 0.257 e. The van der Waals surface area contributed by atoms with E-state index in [1.165, 1.54) is 0 Å². The summed E-state index contributed by atoms with van der Waals surface area (Å²) in [4.78, 5) is 22.2. The molecule has 1 aliphatic rings. The number of rotatable bonds is 6. The number of carbonyl (C=O) groups is 1. The van der Waals surface area contributed by atoms with E-state index < -0.39 is 0 Å². The molecular formula is C25H25N5O3S. The van der Waals surface area contributed by atoms with Crippen LogP contribution >= 0.6 is 11.3 Å². The van der Waals surface area contributed by atoms with Crippen LogP contribution in [0.1, 0.15) is 10.4 Å². The largest absolute Gasteiger partial charge is 0.497 e. The summed E-state index contributed by atoms with van der Waals surface area (Å²) < 4.78 is 12.7. The van der Waals surface area contributed by atoms with Gasteiger partial charge in [-0.05, 0) is 24.3 Å². The van der Waals surface area contributed by atoms with E-state index in [4.69, 9.17) is 14.6 Å². The van der Waals surface area contributed by atoms with E-state index in [-0.39, 0.29) is 5.91 Å². The highest BCUT2D eigenvalue weighted by Crippen LogP contribution is 2.35. The molecule has 34 heavy (non-hydrogen) atoms. The summed E-state index contributed by atoms with van der Waals surface area (Å²) in [5.74, 6) is 1.23. The molecule has 2 aromatic heterocycles. The molecule has 2 aromatic carbocycles. The Morgan fingerprint density at radius 1 is 1.00 bits per heavy atom. The van der Waals surface area contributed by atoms with Gasteiger partial charge in [-0.25, -0.2) is 9.67 Å². The van der Waals surface area contributed by atoms with Crippen LogP contribution in [0.2, 0.25) is 0 Å². The maximum absolute atomic E-state index is 13.7. The number of anilines is 1. The van der Waals surface area contributed by atoms with E-state index in [1.54, 1.807) is 36.3 Å². The molecule has 0 spiro atoms. The van der Waals surface area contributed by atoms with E-state index in [0.29, 0.717) is 35.8 Å². The van der Waals surface area contributed by atoms with Crippen molar-refractivity contribution >= 4 is 22.4 Å². The molecule has 1 saturated heterocycles. The molecule has 0 bridgehead atoms. The molecule has 0 saturated carbocycles. The van der Waals surface area contributed by atoms with Gasteiger partial charge in [0.25, 0.3) is 5.91 Å². The van der Waals surface area contributed by atoms with Gasteiger partial charge in [-0.2, -0.15) is 5.10 Å². The number of hydrogen-bond acceptors (Lipinski definition) is 7. The molecule has 1 fully saturated rings. The zero-order valence-corrected chi connectivity index (χ0v) is 19.9. The Hall–Kier alpha value is -3.85. The number of nitrogens with zero attached hydrogens (tertiary/aromatic N) is 5. The van der Waals surface area contributed by atoms with Crippen LogP contribution in [0.3, 0.4) is 0 Å². The summed E-state index contributed by atoms with van der Waals surface area (Å²) in [6, 6.07) is 15.3. The quantitative estimate of drug-likeness (QED) is 0.420. The molecule has 174 valence electrons. The van der Waals surface area contributed by atoms with Gasteiger partial charge in [0.1, 0.15) is 17.2 Å². The van der Waals surface area contributed by atoms with Gasteiger partial charge in [0.05, 0.1) is 25.5 Å². The second-order valence-electron chi connectivity index (χ2n) is 7.83. The first-order valence-electron chi connectivity index (χ1n) is 11.0. The van der Waals surface area contributed by atoms with E-state index in [1.807, 2.05) is 65.1 Å². The first-order chi connectivity index (χ1) is 16.7. The van der Waals surface area contributed by atoms with Crippen molar-refractivity contribution in [2.45, 2.75) is 0 Å². The predicted octanol–water partition coefficient (Wildman–Crippen LogP) is 3.98. The lowest BCUT2D eigenvalue weighted by molar-refractivity contribution is 0.0747. The Labute approximate surface area is 202 Å². The average Bonchev–Trinajstić information content (AvgIpc) is 3.59. The molecule has 0 aliphatic carbocycles. The van der Waals surface area contributed by atoms with E-state index in [2.05, 4.69) is 9.88 Å². The molecule has 0 unspecified atom stereocenters. The first kappa shape index (κ1) is 22.0. The van der Waals surface area contributed by atoms with Gasteiger partial charge >= 0.3 is 0 Å². The lowest BCUT2D eigenvalue weighted by Gasteiger charge is -2.34. The van der Waals surface area contributed by atoms with Crippen molar-refractivity contribution < 1.29 is 14.3 Å². The van der Waals surface area contributed by atoms with Crippen LogP contribution in [-0.2, 0) is 0 Å². The Morgan fingerprint density at radius 3 is 2.47 bits per heavy atom. The van der Waals surface area contributed by atoms with Crippen LogP contribution in [-0.4, -0.2) is 66.0 Å². The molecule has 1 amide bonds. The fraction of sp³-hybridized carbons (Fsp3) is 0.240. The minimum absolute atomic E-state index is 0.0474. The third-order valence-electron chi connectivity index (χ3n) is 5.89. The number of thiazole rings is 1. The number of ether oxygens (including phenoxy) is 2. The molecule has 5 rings (SSSR count). The van der Waals surface area contributed by atoms with Crippen LogP contribution in [0, 0.1) is 0 Å². The molecule has 1 aliphatic heterocycles. The normalized spacial score (nSPS) is 13.7. The molecule has 9 heteroatoms. The second-order valence-corrected chi connectivity index (χ2v) is 8.70. The Balaban J connectivity index is 1.50. The van der Waals surface area contributed by atoms with Crippen molar-refractivity contribution in [1.82, 2.24) is 19.7 Å². The van der Waals surface area contributed by atoms with Crippen molar-refractivity contribution in [3.8, 4) is 28.4 Å². The third kappa shape index (κ3) is 4.22. The van der Waals surface area contributed by atoms with Crippen molar-refractivity contribution in [2.75, 3.05) is 45.3 Å². The highest BCUT2D eigenvalue weighted by molar-refractivity contribution is 7.13. The lowest BCUT2D eigenvalue weighted by Crippen LogP contribution is -2.48. The fourth-order valence-corrected chi connectivity index (χ4v) is 4.78. The molecule has 0 N–H and O–H groups in total. The summed E-state index contributed by atoms with van der Waals surface area (Å²) in [5, 5.41) is 7.78. The highest BCUT2D eigenvalue weighted by atomic mass is 32.1. The molecule has 0 radical (unpaired) electrons. The zero-order chi connectivity index (χ0) is 23.5. The maximum atomic E-state index is 13.7. The van der Waals surface area contributed by atoms with E-state index in [0.717, 1.165) is 29.5 Å². The van der Waals surface area contributed by atoms with Crippen LogP contribution in [0.25, 0.3) is 16.9 Å². The van der Waals surface area contributed by atoms with Gasteiger partial charge in [0.15, 0.2) is 5.13 Å². The Bertz CT molecular complexity index is 1270. The van der Waals surface area contributed by atoms with Crippen LogP contribution in [0.4, 0.5) is 5.13 Å². The monoisotopic (exact) mass is 475 g/mol. The zero-order valence-electron chi connectivity index (χ0n) is 19.0. The van der Waals surface area contributed by atoms with E-state index in [9.17, 15) is 4.79 Å².